The minimum Gasteiger partial charge on any atom is -0.430 e. The Morgan fingerprint density at radius 3 is 1.67 bits per heavy atom. The molecule has 23 heteroatoms. The molecule has 384 valence electrons. The first-order valence-electron chi connectivity index (χ1n) is 22.8. The van der Waals surface area contributed by atoms with Crippen molar-refractivity contribution in [2.75, 3.05) is 26.4 Å². The lowest BCUT2D eigenvalue weighted by atomic mass is 9.45. The third-order valence-electron chi connectivity index (χ3n) is 14.7. The van der Waals surface area contributed by atoms with Crippen LogP contribution >= 0.6 is 0 Å². The third-order valence-corrected chi connectivity index (χ3v) is 14.7. The Morgan fingerprint density at radius 2 is 1.20 bits per heavy atom. The van der Waals surface area contributed by atoms with E-state index in [4.69, 9.17) is 37.9 Å². The minimum absolute atomic E-state index is 0.0333. The largest absolute Gasteiger partial charge is 0.430 e. The summed E-state index contributed by atoms with van der Waals surface area (Å²) in [6, 6.07) is 0. The number of ether oxygens (including phenoxy) is 8. The van der Waals surface area contributed by atoms with Gasteiger partial charge in [0.1, 0.15) is 61.0 Å². The molecule has 14 N–H and O–H groups in total. The van der Waals surface area contributed by atoms with Crippen molar-refractivity contribution >= 4 is 5.97 Å². The molecule has 0 amide bonds. The Hall–Kier alpha value is -1.63. The summed E-state index contributed by atoms with van der Waals surface area (Å²) in [7, 11) is 0. The molecule has 0 aromatic carbocycles. The van der Waals surface area contributed by atoms with Crippen molar-refractivity contribution in [3.05, 3.63) is 12.2 Å². The van der Waals surface area contributed by atoms with Crippen molar-refractivity contribution in [3.63, 3.8) is 0 Å². The van der Waals surface area contributed by atoms with Gasteiger partial charge in [0.15, 0.2) is 12.6 Å². The summed E-state index contributed by atoms with van der Waals surface area (Å²) in [5.74, 6) is -0.980. The van der Waals surface area contributed by atoms with Gasteiger partial charge < -0.3 is 109 Å². The molecule has 3 aliphatic carbocycles. The molecular weight excluding hydrogens is 884 g/mol. The molecule has 0 bridgehead atoms. The quantitative estimate of drug-likeness (QED) is 0.0314. The van der Waals surface area contributed by atoms with E-state index in [0.717, 1.165) is 6.42 Å². The first-order chi connectivity index (χ1) is 31.1. The molecule has 5 rings (SSSR count). The van der Waals surface area contributed by atoms with E-state index in [0.29, 0.717) is 44.1 Å². The molecule has 23 nitrogen and oxygen atoms in total. The molecular formula is C43H74O23. The summed E-state index contributed by atoms with van der Waals surface area (Å²) in [6.07, 6.45) is -28.3. The Balaban J connectivity index is 1.44. The van der Waals surface area contributed by atoms with E-state index in [9.17, 15) is 76.3 Å². The van der Waals surface area contributed by atoms with Gasteiger partial charge in [0.05, 0.1) is 50.2 Å². The fraction of sp³-hybridized carbons (Fsp3) is 0.930. The van der Waals surface area contributed by atoms with E-state index >= 15 is 0 Å². The molecule has 0 aromatic heterocycles. The van der Waals surface area contributed by atoms with Crippen molar-refractivity contribution in [1.29, 1.82) is 0 Å². The number of fused-ring (bicyclic) bond motifs is 3. The van der Waals surface area contributed by atoms with Gasteiger partial charge in [-0.05, 0) is 94.5 Å². The van der Waals surface area contributed by atoms with Gasteiger partial charge in [-0.15, -0.1) is 0 Å². The van der Waals surface area contributed by atoms with Gasteiger partial charge in [0.25, 0.3) is 6.29 Å². The van der Waals surface area contributed by atoms with Gasteiger partial charge in [-0.2, -0.15) is 0 Å². The lowest BCUT2D eigenvalue weighted by Crippen LogP contribution is -2.62. The van der Waals surface area contributed by atoms with Gasteiger partial charge in [-0.3, -0.25) is 4.79 Å². The molecule has 5 fully saturated rings. The summed E-state index contributed by atoms with van der Waals surface area (Å²) < 4.78 is 46.9. The second-order valence-electron chi connectivity index (χ2n) is 19.1. The SMILES string of the molecule is C=C1CC2CCC3[C@](C)(C(=O)OC(OC(CO)C(C)O)C(O)O)CCC[C@@]3(C)[C@@H]2CCC1OC(OC(CO)C(C)O)C(OC1OC(CO)C(O)C(O)C1O)OC1OC(CO)C(O)C(O)C1O. The Labute approximate surface area is 383 Å². The molecule has 2 heterocycles. The number of carbonyl (C=O) groups excluding carboxylic acids is 1. The van der Waals surface area contributed by atoms with E-state index in [1.54, 1.807) is 6.92 Å². The van der Waals surface area contributed by atoms with Crippen LogP contribution in [0.5, 0.6) is 0 Å². The van der Waals surface area contributed by atoms with Crippen LogP contribution in [-0.4, -0.2) is 221 Å². The summed E-state index contributed by atoms with van der Waals surface area (Å²) in [6.45, 7) is 7.76. The maximum Gasteiger partial charge on any atom is 0.314 e. The first kappa shape index (κ1) is 55.3. The Bertz CT molecular complexity index is 1500. The van der Waals surface area contributed by atoms with E-state index in [-0.39, 0.29) is 24.2 Å². The number of hydrogen-bond acceptors (Lipinski definition) is 23. The van der Waals surface area contributed by atoms with Crippen LogP contribution in [0.4, 0.5) is 0 Å². The smallest absolute Gasteiger partial charge is 0.314 e. The average molecular weight is 959 g/mol. The van der Waals surface area contributed by atoms with Crippen LogP contribution in [0.2, 0.25) is 0 Å². The molecule has 66 heavy (non-hydrogen) atoms. The molecule has 2 aliphatic heterocycles. The fourth-order valence-electron chi connectivity index (χ4n) is 10.8. The summed E-state index contributed by atoms with van der Waals surface area (Å²) >= 11 is 0. The zero-order valence-electron chi connectivity index (χ0n) is 37.8. The van der Waals surface area contributed by atoms with Crippen LogP contribution in [0.15, 0.2) is 12.2 Å². The number of aliphatic hydroxyl groups excluding tert-OH is 13. The van der Waals surface area contributed by atoms with Crippen LogP contribution in [0.3, 0.4) is 0 Å². The average Bonchev–Trinajstić information content (AvgIpc) is 3.43. The summed E-state index contributed by atoms with van der Waals surface area (Å²) in [5.41, 5.74) is -0.999. The summed E-state index contributed by atoms with van der Waals surface area (Å²) in [5, 5.41) is 145. The normalized spacial score (nSPS) is 42.0. The van der Waals surface area contributed by atoms with Crippen molar-refractivity contribution in [3.8, 4) is 0 Å². The second-order valence-corrected chi connectivity index (χ2v) is 19.1. The molecule has 19 unspecified atom stereocenters. The van der Waals surface area contributed by atoms with Gasteiger partial charge in [0, 0.05) is 0 Å². The highest BCUT2D eigenvalue weighted by Gasteiger charge is 2.60. The van der Waals surface area contributed by atoms with Crippen molar-refractivity contribution in [2.45, 2.75) is 196 Å². The van der Waals surface area contributed by atoms with Crippen LogP contribution in [0.25, 0.3) is 0 Å². The second kappa shape index (κ2) is 23.5. The van der Waals surface area contributed by atoms with Gasteiger partial charge >= 0.3 is 5.97 Å². The van der Waals surface area contributed by atoms with Gasteiger partial charge in [-0.1, -0.05) is 19.9 Å². The molecule has 2 saturated heterocycles. The Morgan fingerprint density at radius 1 is 0.682 bits per heavy atom. The van der Waals surface area contributed by atoms with Crippen LogP contribution in [-0.2, 0) is 42.7 Å². The zero-order chi connectivity index (χ0) is 49.0. The monoisotopic (exact) mass is 958 g/mol. The van der Waals surface area contributed by atoms with Gasteiger partial charge in [-0.25, -0.2) is 0 Å². The van der Waals surface area contributed by atoms with E-state index in [1.807, 2.05) is 0 Å². The molecule has 5 aliphatic rings. The number of esters is 1. The van der Waals surface area contributed by atoms with E-state index in [1.165, 1.54) is 13.8 Å². The van der Waals surface area contributed by atoms with Crippen LogP contribution in [0, 0.1) is 28.6 Å². The van der Waals surface area contributed by atoms with Gasteiger partial charge in [0.2, 0.25) is 18.9 Å². The molecule has 3 saturated carbocycles. The number of aliphatic hydroxyl groups is 14. The van der Waals surface area contributed by atoms with Crippen LogP contribution < -0.4 is 0 Å². The highest BCUT2D eigenvalue weighted by molar-refractivity contribution is 5.77. The molecule has 0 aromatic rings. The summed E-state index contributed by atoms with van der Waals surface area (Å²) in [4.78, 5) is 14.1. The molecule has 0 spiro atoms. The van der Waals surface area contributed by atoms with Crippen molar-refractivity contribution in [1.82, 2.24) is 0 Å². The third kappa shape index (κ3) is 11.9. The first-order valence-corrected chi connectivity index (χ1v) is 22.8. The standard InChI is InChI=1S/C43H74O23/c1-18-13-21-7-10-28-42(4,11-6-12-43(28,5)41(58)66-38(35(56)57)60-24(14-44)19(2)48)22(21)8-9-23(18)59-39(61-25(15-45)20(3)49)40(64-36-33(54)31(52)29(50)26(16-46)62-36)65-37-34(55)32(53)30(51)27(17-47)63-37/h19-40,44-57H,1,6-17H2,2-5H3/t19?,20?,21?,22-,23?,24?,25?,26?,27?,28?,29?,30?,31?,32?,33?,34?,36?,37?,38?,39?,40?,42+,43-/m1/s1. The van der Waals surface area contributed by atoms with E-state index in [2.05, 4.69) is 13.5 Å². The number of hydrogen-bond donors (Lipinski definition) is 14. The van der Waals surface area contributed by atoms with Crippen LogP contribution in [0.1, 0.15) is 79.1 Å². The molecule has 22 atom stereocenters. The van der Waals surface area contributed by atoms with E-state index < -0.39 is 160 Å². The van der Waals surface area contributed by atoms with Crippen molar-refractivity contribution in [2.24, 2.45) is 28.6 Å². The Kier molecular flexibility index (Phi) is 19.7. The highest BCUT2D eigenvalue weighted by Crippen LogP contribution is 2.64. The lowest BCUT2D eigenvalue weighted by Gasteiger charge is -2.59. The predicted molar refractivity (Wildman–Crippen MR) is 220 cm³/mol. The zero-order valence-corrected chi connectivity index (χ0v) is 37.8. The predicted octanol–water partition coefficient (Wildman–Crippen LogP) is -4.07. The minimum atomic E-state index is -2.27. The maximum atomic E-state index is 14.1. The molecule has 0 radical (unpaired) electrons. The topological polar surface area (TPSA) is 374 Å². The number of carbonyl (C=O) groups is 1. The lowest BCUT2D eigenvalue weighted by molar-refractivity contribution is -0.416. The fourth-order valence-corrected chi connectivity index (χ4v) is 10.8. The highest BCUT2D eigenvalue weighted by atomic mass is 16.8. The number of rotatable bonds is 20. The maximum absolute atomic E-state index is 14.1. The van der Waals surface area contributed by atoms with Crippen molar-refractivity contribution < 1.29 is 114 Å².